The van der Waals surface area contributed by atoms with Crippen molar-refractivity contribution >= 4 is 56.2 Å². The van der Waals surface area contributed by atoms with Crippen molar-refractivity contribution in [1.29, 1.82) is 5.26 Å². The van der Waals surface area contributed by atoms with Gasteiger partial charge in [-0.2, -0.15) is 5.26 Å². The predicted octanol–water partition coefficient (Wildman–Crippen LogP) is 4.30. The molecule has 6 heteroatoms. The fraction of sp³-hybridized carbons (Fsp3) is 0. The second-order valence-corrected chi connectivity index (χ2v) is 6.39. The highest BCUT2D eigenvalue weighted by Crippen LogP contribution is 2.30. The van der Waals surface area contributed by atoms with Gasteiger partial charge in [0, 0.05) is 15.7 Å². The maximum absolute atomic E-state index is 12.1. The quantitative estimate of drug-likeness (QED) is 0.400. The summed E-state index contributed by atoms with van der Waals surface area (Å²) in [5.41, 5.74) is 0.910. The van der Waals surface area contributed by atoms with Crippen molar-refractivity contribution in [2.45, 2.75) is 0 Å². The number of nitrogens with one attached hydrogen (secondary N) is 1. The van der Waals surface area contributed by atoms with Crippen LogP contribution < -0.4 is 5.32 Å². The van der Waals surface area contributed by atoms with Gasteiger partial charge in [0.1, 0.15) is 17.4 Å². The average molecular weight is 469 g/mol. The number of carbonyl (C=O) groups excluding carboxylic acids is 1. The van der Waals surface area contributed by atoms with Crippen molar-refractivity contribution in [3.63, 3.8) is 0 Å². The zero-order valence-corrected chi connectivity index (χ0v) is 14.9. The van der Waals surface area contributed by atoms with Gasteiger partial charge in [0.05, 0.1) is 3.57 Å². The molecule has 0 aliphatic heterocycles. The van der Waals surface area contributed by atoms with E-state index in [-0.39, 0.29) is 11.3 Å². The molecular weight excluding hydrogens is 459 g/mol. The summed E-state index contributed by atoms with van der Waals surface area (Å²) in [5.74, 6) is -0.493. The molecule has 0 spiro atoms. The summed E-state index contributed by atoms with van der Waals surface area (Å²) in [6.45, 7) is 0. The number of aromatic hydroxyl groups is 1. The Kier molecular flexibility index (Phi) is 5.57. The van der Waals surface area contributed by atoms with Gasteiger partial charge < -0.3 is 10.4 Å². The molecule has 2 N–H and O–H groups in total. The van der Waals surface area contributed by atoms with Crippen molar-refractivity contribution in [1.82, 2.24) is 0 Å². The van der Waals surface area contributed by atoms with Gasteiger partial charge in [0.25, 0.3) is 5.91 Å². The van der Waals surface area contributed by atoms with Gasteiger partial charge in [-0.3, -0.25) is 4.79 Å². The molecule has 0 atom stereocenters. The molecule has 2 aromatic carbocycles. The van der Waals surface area contributed by atoms with Gasteiger partial charge in [0.15, 0.2) is 0 Å². The maximum atomic E-state index is 12.1. The minimum atomic E-state index is -0.525. The number of para-hydroxylation sites is 1. The van der Waals surface area contributed by atoms with Gasteiger partial charge in [-0.05, 0) is 52.9 Å². The number of amides is 1. The number of halogens is 2. The summed E-state index contributed by atoms with van der Waals surface area (Å²) in [5, 5.41) is 21.9. The number of nitrogens with zero attached hydrogens (tertiary/aromatic N) is 1. The van der Waals surface area contributed by atoms with E-state index in [9.17, 15) is 15.2 Å². The molecule has 0 bridgehead atoms. The number of rotatable bonds is 3. The molecule has 4 nitrogen and oxygen atoms in total. The highest BCUT2D eigenvalue weighted by molar-refractivity contribution is 14.1. The number of hydrogen-bond donors (Lipinski definition) is 2. The topological polar surface area (TPSA) is 73.1 Å². The Balaban J connectivity index is 2.32. The lowest BCUT2D eigenvalue weighted by Crippen LogP contribution is -2.13. The molecule has 0 heterocycles. The number of carbonyl (C=O) groups is 1. The van der Waals surface area contributed by atoms with Crippen LogP contribution in [0, 0.1) is 14.9 Å². The lowest BCUT2D eigenvalue weighted by molar-refractivity contribution is -0.112. The first-order valence-electron chi connectivity index (χ1n) is 6.17. The van der Waals surface area contributed by atoms with Crippen molar-refractivity contribution in [3.05, 3.63) is 61.6 Å². The molecule has 0 saturated heterocycles. The van der Waals surface area contributed by atoms with Crippen molar-refractivity contribution in [2.75, 3.05) is 5.32 Å². The van der Waals surface area contributed by atoms with Gasteiger partial charge in [-0.1, -0.05) is 34.1 Å². The Morgan fingerprint density at radius 3 is 2.64 bits per heavy atom. The summed E-state index contributed by atoms with van der Waals surface area (Å²) < 4.78 is 1.38. The molecule has 2 aromatic rings. The lowest BCUT2D eigenvalue weighted by atomic mass is 10.1. The second kappa shape index (κ2) is 7.42. The van der Waals surface area contributed by atoms with Crippen LogP contribution in [0.15, 0.2) is 52.5 Å². The third-order valence-corrected chi connectivity index (χ3v) is 4.03. The Labute approximate surface area is 149 Å². The molecule has 110 valence electrons. The van der Waals surface area contributed by atoms with Crippen LogP contribution in [-0.4, -0.2) is 11.0 Å². The van der Waals surface area contributed by atoms with Crippen molar-refractivity contribution < 1.29 is 9.90 Å². The molecule has 0 radical (unpaired) electrons. The average Bonchev–Trinajstić information content (AvgIpc) is 2.50. The standard InChI is InChI=1S/C16H10BrIN2O2/c17-12-7-10(15(21)14(18)8-12)6-11(9-19)16(22)20-13-4-2-1-3-5-13/h1-8,21H,(H,20,22)/b11-6+. The number of hydrogen-bond acceptors (Lipinski definition) is 3. The van der Waals surface area contributed by atoms with Crippen molar-refractivity contribution in [2.24, 2.45) is 0 Å². The first kappa shape index (κ1) is 16.5. The molecular formula is C16H10BrIN2O2. The zero-order valence-electron chi connectivity index (χ0n) is 11.2. The van der Waals surface area contributed by atoms with Crippen LogP contribution >= 0.6 is 38.5 Å². The molecule has 0 aliphatic rings. The third-order valence-electron chi connectivity index (χ3n) is 2.75. The summed E-state index contributed by atoms with van der Waals surface area (Å²) in [6.07, 6.45) is 1.36. The van der Waals surface area contributed by atoms with E-state index in [1.165, 1.54) is 6.08 Å². The molecule has 0 unspecified atom stereocenters. The first-order chi connectivity index (χ1) is 10.5. The van der Waals surface area contributed by atoms with Gasteiger partial charge in [0.2, 0.25) is 0 Å². The van der Waals surface area contributed by atoms with E-state index in [1.807, 2.05) is 34.7 Å². The van der Waals surface area contributed by atoms with Crippen LogP contribution in [0.25, 0.3) is 6.08 Å². The molecule has 2 rings (SSSR count). The van der Waals surface area contributed by atoms with Gasteiger partial charge in [-0.25, -0.2) is 0 Å². The molecule has 1 amide bonds. The van der Waals surface area contributed by atoms with E-state index in [0.29, 0.717) is 14.8 Å². The minimum Gasteiger partial charge on any atom is -0.506 e. The smallest absolute Gasteiger partial charge is 0.266 e. The molecule has 0 aliphatic carbocycles. The highest BCUT2D eigenvalue weighted by Gasteiger charge is 2.12. The minimum absolute atomic E-state index is 0.0315. The van der Waals surface area contributed by atoms with Crippen molar-refractivity contribution in [3.8, 4) is 11.8 Å². The number of anilines is 1. The Morgan fingerprint density at radius 2 is 2.00 bits per heavy atom. The number of benzene rings is 2. The second-order valence-electron chi connectivity index (χ2n) is 4.32. The van der Waals surface area contributed by atoms with E-state index in [2.05, 4.69) is 21.2 Å². The Morgan fingerprint density at radius 1 is 1.32 bits per heavy atom. The summed E-state index contributed by atoms with van der Waals surface area (Å²) >= 11 is 5.30. The molecule has 22 heavy (non-hydrogen) atoms. The summed E-state index contributed by atoms with van der Waals surface area (Å²) in [6, 6.07) is 14.1. The predicted molar refractivity (Wildman–Crippen MR) is 97.2 cm³/mol. The maximum Gasteiger partial charge on any atom is 0.266 e. The summed E-state index contributed by atoms with van der Waals surface area (Å²) in [7, 11) is 0. The Bertz CT molecular complexity index is 783. The monoisotopic (exact) mass is 468 g/mol. The van der Waals surface area contributed by atoms with E-state index >= 15 is 0 Å². The number of phenolic OH excluding ortho intramolecular Hbond substituents is 1. The molecule has 0 fully saturated rings. The molecule has 0 aromatic heterocycles. The largest absolute Gasteiger partial charge is 0.506 e. The normalized spacial score (nSPS) is 10.9. The Hall–Kier alpha value is -1.85. The van der Waals surface area contributed by atoms with Gasteiger partial charge in [-0.15, -0.1) is 0 Å². The van der Waals surface area contributed by atoms with E-state index in [4.69, 9.17) is 0 Å². The third kappa shape index (κ3) is 4.08. The highest BCUT2D eigenvalue weighted by atomic mass is 127. The SMILES string of the molecule is N#C/C(=C\c1cc(Br)cc(I)c1O)C(=O)Nc1ccccc1. The van der Waals surface area contributed by atoms with Gasteiger partial charge >= 0.3 is 0 Å². The lowest BCUT2D eigenvalue weighted by Gasteiger charge is -2.06. The van der Waals surface area contributed by atoms with Crippen LogP contribution in [0.1, 0.15) is 5.56 Å². The van der Waals surface area contributed by atoms with E-state index in [1.54, 1.807) is 36.4 Å². The number of phenols is 1. The van der Waals surface area contributed by atoms with Crippen LogP contribution in [0.3, 0.4) is 0 Å². The van der Waals surface area contributed by atoms with Crippen LogP contribution in [-0.2, 0) is 4.79 Å². The summed E-state index contributed by atoms with van der Waals surface area (Å²) in [4.78, 5) is 12.1. The van der Waals surface area contributed by atoms with Crippen LogP contribution in [0.2, 0.25) is 0 Å². The van der Waals surface area contributed by atoms with Crippen LogP contribution in [0.4, 0.5) is 5.69 Å². The molecule has 0 saturated carbocycles. The zero-order chi connectivity index (χ0) is 16.1. The fourth-order valence-corrected chi connectivity index (χ4v) is 3.27. The van der Waals surface area contributed by atoms with E-state index < -0.39 is 5.91 Å². The fourth-order valence-electron chi connectivity index (χ4n) is 1.72. The van der Waals surface area contributed by atoms with E-state index in [0.717, 1.165) is 4.47 Å². The van der Waals surface area contributed by atoms with Crippen LogP contribution in [0.5, 0.6) is 5.75 Å². The number of nitriles is 1. The first-order valence-corrected chi connectivity index (χ1v) is 8.04.